The molecule has 0 atom stereocenters. The van der Waals surface area contributed by atoms with E-state index in [1.807, 2.05) is 41.3 Å². The van der Waals surface area contributed by atoms with Crippen LogP contribution in [-0.2, 0) is 24.3 Å². The fourth-order valence-electron chi connectivity index (χ4n) is 3.43. The van der Waals surface area contributed by atoms with Crippen molar-refractivity contribution in [3.63, 3.8) is 0 Å². The third kappa shape index (κ3) is 7.69. The van der Waals surface area contributed by atoms with Gasteiger partial charge in [0.1, 0.15) is 5.82 Å². The molecule has 0 aliphatic heterocycles. The topological polar surface area (TPSA) is 56.1 Å². The maximum Gasteiger partial charge on any atom is 0.234 e. The van der Waals surface area contributed by atoms with Gasteiger partial charge in [-0.2, -0.15) is 5.26 Å². The van der Waals surface area contributed by atoms with Gasteiger partial charge in [-0.3, -0.25) is 9.69 Å². The molecule has 0 saturated carbocycles. The number of carbonyl (C=O) groups excluding carboxylic acids is 1. The van der Waals surface area contributed by atoms with Crippen LogP contribution < -0.4 is 5.32 Å². The van der Waals surface area contributed by atoms with Crippen LogP contribution in [0.5, 0.6) is 0 Å². The van der Waals surface area contributed by atoms with E-state index in [9.17, 15) is 9.18 Å². The molecular weight excluding hydrogens is 389 g/mol. The maximum absolute atomic E-state index is 13.6. The molecule has 3 aromatic rings. The zero-order valence-corrected chi connectivity index (χ0v) is 17.4. The number of carbonyl (C=O) groups is 1. The van der Waals surface area contributed by atoms with Gasteiger partial charge in [-0.05, 0) is 53.8 Å². The smallest absolute Gasteiger partial charge is 0.234 e. The molecule has 4 nitrogen and oxygen atoms in total. The number of hydrogen-bond acceptors (Lipinski definition) is 3. The molecule has 0 fully saturated rings. The van der Waals surface area contributed by atoms with E-state index in [4.69, 9.17) is 5.26 Å². The fourth-order valence-corrected chi connectivity index (χ4v) is 3.43. The normalized spacial score (nSPS) is 10.6. The van der Waals surface area contributed by atoms with Crippen molar-refractivity contribution in [2.24, 2.45) is 0 Å². The minimum absolute atomic E-state index is 0.0573. The van der Waals surface area contributed by atoms with Crippen molar-refractivity contribution in [1.29, 1.82) is 5.26 Å². The highest BCUT2D eigenvalue weighted by atomic mass is 19.1. The van der Waals surface area contributed by atoms with Gasteiger partial charge in [0.25, 0.3) is 0 Å². The van der Waals surface area contributed by atoms with Crippen molar-refractivity contribution in [1.82, 2.24) is 10.2 Å². The summed E-state index contributed by atoms with van der Waals surface area (Å²) in [6.45, 7) is 1.80. The summed E-state index contributed by atoms with van der Waals surface area (Å²) in [6.07, 6.45) is 1.79. The SMILES string of the molecule is N#Cc1ccc(CN(CC(=O)NCCCc2ccccc2)Cc2cccc(F)c2)cc1. The maximum atomic E-state index is 13.6. The summed E-state index contributed by atoms with van der Waals surface area (Å²) >= 11 is 0. The standard InChI is InChI=1S/C26H26FN3O/c27-25-10-4-8-24(16-25)19-30(18-23-13-11-22(17-28)12-14-23)20-26(31)29-15-5-9-21-6-2-1-3-7-21/h1-4,6-8,10-14,16H,5,9,15,18-20H2,(H,29,31). The molecular formula is C26H26FN3O. The predicted octanol–water partition coefficient (Wildman–Crippen LogP) is 4.45. The van der Waals surface area contributed by atoms with Gasteiger partial charge in [-0.15, -0.1) is 0 Å². The first-order valence-electron chi connectivity index (χ1n) is 10.4. The van der Waals surface area contributed by atoms with Crippen molar-refractivity contribution in [3.8, 4) is 6.07 Å². The number of benzene rings is 3. The average molecular weight is 416 g/mol. The third-order valence-electron chi connectivity index (χ3n) is 4.96. The van der Waals surface area contributed by atoms with E-state index in [0.29, 0.717) is 25.2 Å². The van der Waals surface area contributed by atoms with Crippen molar-refractivity contribution in [2.75, 3.05) is 13.1 Å². The van der Waals surface area contributed by atoms with Crippen LogP contribution in [0.15, 0.2) is 78.9 Å². The average Bonchev–Trinajstić information content (AvgIpc) is 2.78. The number of aryl methyl sites for hydroxylation is 1. The number of nitrogens with one attached hydrogen (secondary N) is 1. The second-order valence-electron chi connectivity index (χ2n) is 7.52. The minimum Gasteiger partial charge on any atom is -0.355 e. The summed E-state index contributed by atoms with van der Waals surface area (Å²) in [5.74, 6) is -0.348. The molecule has 3 aromatic carbocycles. The van der Waals surface area contributed by atoms with Gasteiger partial charge in [0.2, 0.25) is 5.91 Å². The Labute approximate surface area is 182 Å². The van der Waals surface area contributed by atoms with Gasteiger partial charge in [0.05, 0.1) is 18.2 Å². The number of amides is 1. The number of nitriles is 1. The first kappa shape index (κ1) is 22.2. The van der Waals surface area contributed by atoms with Crippen LogP contribution >= 0.6 is 0 Å². The number of rotatable bonds is 10. The van der Waals surface area contributed by atoms with Crippen LogP contribution in [0, 0.1) is 17.1 Å². The Kier molecular flexibility index (Phi) is 8.33. The van der Waals surface area contributed by atoms with Crippen LogP contribution in [0.2, 0.25) is 0 Å². The molecule has 0 spiro atoms. The molecule has 0 aliphatic rings. The van der Waals surface area contributed by atoms with E-state index in [-0.39, 0.29) is 18.3 Å². The Morgan fingerprint density at radius 1 is 0.903 bits per heavy atom. The van der Waals surface area contributed by atoms with Gasteiger partial charge in [0, 0.05) is 19.6 Å². The Balaban J connectivity index is 1.56. The Morgan fingerprint density at radius 2 is 1.61 bits per heavy atom. The second kappa shape index (κ2) is 11.6. The van der Waals surface area contributed by atoms with Crippen molar-refractivity contribution >= 4 is 5.91 Å². The van der Waals surface area contributed by atoms with Crippen molar-refractivity contribution < 1.29 is 9.18 Å². The molecule has 0 unspecified atom stereocenters. The minimum atomic E-state index is -0.291. The summed E-state index contributed by atoms with van der Waals surface area (Å²) in [6, 6.07) is 26.0. The number of nitrogens with zero attached hydrogens (tertiary/aromatic N) is 2. The van der Waals surface area contributed by atoms with Crippen molar-refractivity contribution in [3.05, 3.63) is 107 Å². The molecule has 1 N–H and O–H groups in total. The highest BCUT2D eigenvalue weighted by Gasteiger charge is 2.13. The Bertz CT molecular complexity index is 1010. The molecule has 0 heterocycles. The fraction of sp³-hybridized carbons (Fsp3) is 0.231. The van der Waals surface area contributed by atoms with E-state index in [0.717, 1.165) is 24.0 Å². The van der Waals surface area contributed by atoms with E-state index >= 15 is 0 Å². The van der Waals surface area contributed by atoms with Crippen LogP contribution in [0.1, 0.15) is 28.7 Å². The van der Waals surface area contributed by atoms with E-state index < -0.39 is 0 Å². The summed E-state index contributed by atoms with van der Waals surface area (Å²) in [5, 5.41) is 12.0. The summed E-state index contributed by atoms with van der Waals surface area (Å²) < 4.78 is 13.6. The quantitative estimate of drug-likeness (QED) is 0.498. The van der Waals surface area contributed by atoms with Crippen LogP contribution in [-0.4, -0.2) is 23.9 Å². The highest BCUT2D eigenvalue weighted by molar-refractivity contribution is 5.78. The molecule has 0 bridgehead atoms. The first-order chi connectivity index (χ1) is 15.1. The van der Waals surface area contributed by atoms with Crippen LogP contribution in [0.4, 0.5) is 4.39 Å². The Morgan fingerprint density at radius 3 is 2.32 bits per heavy atom. The van der Waals surface area contributed by atoms with Crippen LogP contribution in [0.25, 0.3) is 0 Å². The number of halogens is 1. The third-order valence-corrected chi connectivity index (χ3v) is 4.96. The van der Waals surface area contributed by atoms with Gasteiger partial charge in [-0.25, -0.2) is 4.39 Å². The van der Waals surface area contributed by atoms with Gasteiger partial charge < -0.3 is 5.32 Å². The van der Waals surface area contributed by atoms with E-state index in [1.54, 1.807) is 18.2 Å². The van der Waals surface area contributed by atoms with E-state index in [1.165, 1.54) is 17.7 Å². The highest BCUT2D eigenvalue weighted by Crippen LogP contribution is 2.12. The zero-order chi connectivity index (χ0) is 21.9. The largest absolute Gasteiger partial charge is 0.355 e. The first-order valence-corrected chi connectivity index (χ1v) is 10.4. The lowest BCUT2D eigenvalue weighted by Crippen LogP contribution is -2.37. The van der Waals surface area contributed by atoms with Crippen LogP contribution in [0.3, 0.4) is 0 Å². The Hall–Kier alpha value is -3.49. The zero-order valence-electron chi connectivity index (χ0n) is 17.4. The monoisotopic (exact) mass is 415 g/mol. The molecule has 0 radical (unpaired) electrons. The molecule has 0 aromatic heterocycles. The molecule has 0 aliphatic carbocycles. The molecule has 0 saturated heterocycles. The molecule has 1 amide bonds. The molecule has 3 rings (SSSR count). The summed E-state index contributed by atoms with van der Waals surface area (Å²) in [5.41, 5.74) is 3.65. The molecule has 158 valence electrons. The number of hydrogen-bond donors (Lipinski definition) is 1. The lowest BCUT2D eigenvalue weighted by atomic mass is 10.1. The molecule has 5 heteroatoms. The summed E-state index contributed by atoms with van der Waals surface area (Å²) in [7, 11) is 0. The van der Waals surface area contributed by atoms with Gasteiger partial charge in [0.15, 0.2) is 0 Å². The van der Waals surface area contributed by atoms with Crippen molar-refractivity contribution in [2.45, 2.75) is 25.9 Å². The lowest BCUT2D eigenvalue weighted by Gasteiger charge is -2.22. The summed E-state index contributed by atoms with van der Waals surface area (Å²) in [4.78, 5) is 14.5. The molecule has 31 heavy (non-hydrogen) atoms. The van der Waals surface area contributed by atoms with E-state index in [2.05, 4.69) is 23.5 Å². The lowest BCUT2D eigenvalue weighted by molar-refractivity contribution is -0.122. The van der Waals surface area contributed by atoms with Gasteiger partial charge >= 0.3 is 0 Å². The second-order valence-corrected chi connectivity index (χ2v) is 7.52. The van der Waals surface area contributed by atoms with Gasteiger partial charge in [-0.1, -0.05) is 54.6 Å². The predicted molar refractivity (Wildman–Crippen MR) is 119 cm³/mol.